The van der Waals surface area contributed by atoms with Gasteiger partial charge < -0.3 is 16.2 Å². The first-order valence-corrected chi connectivity index (χ1v) is 6.38. The first-order chi connectivity index (χ1) is 8.88. The summed E-state index contributed by atoms with van der Waals surface area (Å²) in [6, 6.07) is 4.21. The Hall–Kier alpha value is -1.59. The van der Waals surface area contributed by atoms with E-state index in [4.69, 9.17) is 22.4 Å². The van der Waals surface area contributed by atoms with Gasteiger partial charge in [-0.15, -0.1) is 0 Å². The molecule has 0 aromatic heterocycles. The second kappa shape index (κ2) is 5.19. The zero-order valence-electron chi connectivity index (χ0n) is 10.3. The molecule has 0 unspecified atom stereocenters. The fourth-order valence-electron chi connectivity index (χ4n) is 2.12. The van der Waals surface area contributed by atoms with Crippen LogP contribution in [-0.4, -0.2) is 22.5 Å². The van der Waals surface area contributed by atoms with Crippen LogP contribution >= 0.6 is 11.6 Å². The molecule has 102 valence electrons. The number of benzene rings is 1. The fourth-order valence-corrected chi connectivity index (χ4v) is 2.35. The molecule has 0 heterocycles. The summed E-state index contributed by atoms with van der Waals surface area (Å²) in [5.41, 5.74) is 5.99. The highest BCUT2D eigenvalue weighted by atomic mass is 35.5. The Morgan fingerprint density at radius 1 is 1.37 bits per heavy atom. The lowest BCUT2D eigenvalue weighted by Gasteiger charge is -2.37. The monoisotopic (exact) mass is 282 g/mol. The van der Waals surface area contributed by atoms with E-state index in [1.807, 2.05) is 0 Å². The van der Waals surface area contributed by atoms with E-state index in [1.165, 1.54) is 18.2 Å². The van der Waals surface area contributed by atoms with Gasteiger partial charge in [-0.05, 0) is 37.5 Å². The highest BCUT2D eigenvalue weighted by Crippen LogP contribution is 2.32. The number of aromatic carboxylic acids is 1. The molecule has 0 saturated heterocycles. The van der Waals surface area contributed by atoms with Crippen molar-refractivity contribution in [3.63, 3.8) is 0 Å². The van der Waals surface area contributed by atoms with Crippen LogP contribution in [0.5, 0.6) is 0 Å². The molecule has 1 aliphatic rings. The molecule has 4 N–H and O–H groups in total. The minimum Gasteiger partial charge on any atom is -0.478 e. The third-order valence-corrected chi connectivity index (χ3v) is 3.51. The van der Waals surface area contributed by atoms with E-state index in [-0.39, 0.29) is 22.9 Å². The number of rotatable bonds is 4. The Bertz CT molecular complexity index is 527. The second-order valence-corrected chi connectivity index (χ2v) is 5.41. The predicted octanol–water partition coefficient (Wildman–Crippen LogP) is 2.25. The van der Waals surface area contributed by atoms with Crippen molar-refractivity contribution in [3.05, 3.63) is 28.8 Å². The van der Waals surface area contributed by atoms with E-state index < -0.39 is 11.5 Å². The molecular formula is C13H15ClN2O3. The van der Waals surface area contributed by atoms with Gasteiger partial charge in [-0.3, -0.25) is 4.79 Å². The Morgan fingerprint density at radius 3 is 2.58 bits per heavy atom. The molecule has 0 spiro atoms. The summed E-state index contributed by atoms with van der Waals surface area (Å²) >= 11 is 5.81. The standard InChI is InChI=1S/C13H15ClN2O3/c14-9-4-8(12(18)19)5-10(6-9)16-11(17)7-13(15)2-1-3-13/h4-6H,1-3,7,15H2,(H,16,17)(H,18,19). The van der Waals surface area contributed by atoms with Crippen molar-refractivity contribution in [1.82, 2.24) is 0 Å². The summed E-state index contributed by atoms with van der Waals surface area (Å²) in [6.45, 7) is 0. The van der Waals surface area contributed by atoms with Gasteiger partial charge in [0.15, 0.2) is 0 Å². The zero-order valence-corrected chi connectivity index (χ0v) is 11.0. The normalized spacial score (nSPS) is 16.5. The average molecular weight is 283 g/mol. The molecule has 0 atom stereocenters. The average Bonchev–Trinajstić information content (AvgIpc) is 2.25. The minimum atomic E-state index is -1.09. The van der Waals surface area contributed by atoms with Crippen LogP contribution in [0.15, 0.2) is 18.2 Å². The van der Waals surface area contributed by atoms with Crippen LogP contribution in [0.25, 0.3) is 0 Å². The summed E-state index contributed by atoms with van der Waals surface area (Å²) in [5.74, 6) is -1.31. The van der Waals surface area contributed by atoms with Crippen molar-refractivity contribution < 1.29 is 14.7 Å². The molecule has 0 radical (unpaired) electrons. The first kappa shape index (κ1) is 13.8. The van der Waals surface area contributed by atoms with Crippen LogP contribution in [0.4, 0.5) is 5.69 Å². The van der Waals surface area contributed by atoms with E-state index >= 15 is 0 Å². The van der Waals surface area contributed by atoms with Crippen molar-refractivity contribution in [2.45, 2.75) is 31.2 Å². The van der Waals surface area contributed by atoms with Gasteiger partial charge in [0.1, 0.15) is 0 Å². The number of hydrogen-bond acceptors (Lipinski definition) is 3. The molecule has 2 rings (SSSR count). The van der Waals surface area contributed by atoms with Crippen LogP contribution in [0.3, 0.4) is 0 Å². The molecule has 19 heavy (non-hydrogen) atoms. The SMILES string of the molecule is NC1(CC(=O)Nc2cc(Cl)cc(C(=O)O)c2)CCC1. The van der Waals surface area contributed by atoms with Gasteiger partial charge in [-0.25, -0.2) is 4.79 Å². The van der Waals surface area contributed by atoms with Gasteiger partial charge in [0, 0.05) is 22.7 Å². The van der Waals surface area contributed by atoms with E-state index in [0.29, 0.717) is 5.69 Å². The van der Waals surface area contributed by atoms with Gasteiger partial charge in [0.2, 0.25) is 5.91 Å². The van der Waals surface area contributed by atoms with Crippen LogP contribution < -0.4 is 11.1 Å². The number of hydrogen-bond donors (Lipinski definition) is 3. The third-order valence-electron chi connectivity index (χ3n) is 3.29. The Labute approximate surface area is 115 Å². The van der Waals surface area contributed by atoms with Crippen LogP contribution in [0, 0.1) is 0 Å². The molecule has 1 amide bonds. The summed E-state index contributed by atoms with van der Waals surface area (Å²) in [6.07, 6.45) is 2.97. The molecule has 0 aliphatic heterocycles. The maximum atomic E-state index is 11.8. The summed E-state index contributed by atoms with van der Waals surface area (Å²) in [5, 5.41) is 11.8. The summed E-state index contributed by atoms with van der Waals surface area (Å²) in [7, 11) is 0. The van der Waals surface area contributed by atoms with E-state index in [9.17, 15) is 9.59 Å². The Kier molecular flexibility index (Phi) is 3.78. The molecule has 1 aliphatic carbocycles. The molecule has 1 aromatic carbocycles. The maximum Gasteiger partial charge on any atom is 0.335 e. The molecule has 5 nitrogen and oxygen atoms in total. The Morgan fingerprint density at radius 2 is 2.05 bits per heavy atom. The largest absolute Gasteiger partial charge is 0.478 e. The predicted molar refractivity (Wildman–Crippen MR) is 72.4 cm³/mol. The van der Waals surface area contributed by atoms with Gasteiger partial charge in [-0.2, -0.15) is 0 Å². The highest BCUT2D eigenvalue weighted by Gasteiger charge is 2.34. The number of carbonyl (C=O) groups is 2. The minimum absolute atomic E-state index is 0.0360. The highest BCUT2D eigenvalue weighted by molar-refractivity contribution is 6.31. The van der Waals surface area contributed by atoms with Crippen LogP contribution in [-0.2, 0) is 4.79 Å². The van der Waals surface area contributed by atoms with Gasteiger partial charge >= 0.3 is 5.97 Å². The molecule has 1 fully saturated rings. The van der Waals surface area contributed by atoms with E-state index in [0.717, 1.165) is 19.3 Å². The lowest BCUT2D eigenvalue weighted by Crippen LogP contribution is -2.48. The summed E-state index contributed by atoms with van der Waals surface area (Å²) < 4.78 is 0. The number of halogens is 1. The molecule has 1 saturated carbocycles. The van der Waals surface area contributed by atoms with E-state index in [1.54, 1.807) is 0 Å². The topological polar surface area (TPSA) is 92.4 Å². The van der Waals surface area contributed by atoms with Crippen molar-refractivity contribution in [1.29, 1.82) is 0 Å². The van der Waals surface area contributed by atoms with E-state index in [2.05, 4.69) is 5.32 Å². The maximum absolute atomic E-state index is 11.8. The molecule has 1 aromatic rings. The number of amides is 1. The van der Waals surface area contributed by atoms with Gasteiger partial charge in [-0.1, -0.05) is 11.6 Å². The number of nitrogens with two attached hydrogens (primary N) is 1. The van der Waals surface area contributed by atoms with Crippen molar-refractivity contribution in [2.24, 2.45) is 5.73 Å². The quantitative estimate of drug-likeness (QED) is 0.790. The van der Waals surface area contributed by atoms with Crippen molar-refractivity contribution in [3.8, 4) is 0 Å². The third kappa shape index (κ3) is 3.45. The first-order valence-electron chi connectivity index (χ1n) is 6.01. The smallest absolute Gasteiger partial charge is 0.335 e. The van der Waals surface area contributed by atoms with Gasteiger partial charge in [0.05, 0.1) is 5.56 Å². The van der Waals surface area contributed by atoms with Crippen molar-refractivity contribution in [2.75, 3.05) is 5.32 Å². The zero-order chi connectivity index (χ0) is 14.0. The van der Waals surface area contributed by atoms with Crippen molar-refractivity contribution >= 4 is 29.2 Å². The number of anilines is 1. The molecular weight excluding hydrogens is 268 g/mol. The second-order valence-electron chi connectivity index (χ2n) is 4.97. The molecule has 6 heteroatoms. The fraction of sp³-hybridized carbons (Fsp3) is 0.385. The lowest BCUT2D eigenvalue weighted by atomic mass is 9.75. The molecule has 0 bridgehead atoms. The number of carbonyl (C=O) groups excluding carboxylic acids is 1. The lowest BCUT2D eigenvalue weighted by molar-refractivity contribution is -0.118. The Balaban J connectivity index is 2.06. The van der Waals surface area contributed by atoms with Crippen LogP contribution in [0.2, 0.25) is 5.02 Å². The summed E-state index contributed by atoms with van der Waals surface area (Å²) in [4.78, 5) is 22.7. The van der Waals surface area contributed by atoms with Gasteiger partial charge in [0.25, 0.3) is 0 Å². The van der Waals surface area contributed by atoms with Crippen LogP contribution in [0.1, 0.15) is 36.0 Å². The number of nitrogens with one attached hydrogen (secondary N) is 1. The number of carboxylic acid groups (broad SMARTS) is 1. The number of carboxylic acids is 1.